The maximum Gasteiger partial charge on any atom is 0.312 e. The van der Waals surface area contributed by atoms with Crippen LogP contribution in [-0.4, -0.2) is 37.2 Å². The monoisotopic (exact) mass is 565 g/mol. The van der Waals surface area contributed by atoms with E-state index < -0.39 is 6.04 Å². The average Bonchev–Trinajstić information content (AvgIpc) is 3.50. The molecule has 2 aliphatic heterocycles. The fourth-order valence-electron chi connectivity index (χ4n) is 4.43. The summed E-state index contributed by atoms with van der Waals surface area (Å²) in [5, 5.41) is 19.7. The van der Waals surface area contributed by atoms with E-state index in [1.807, 2.05) is 72.5 Å². The lowest BCUT2D eigenvalue weighted by molar-refractivity contribution is 0.0639. The van der Waals surface area contributed by atoms with Crippen LogP contribution in [0.2, 0.25) is 0 Å². The molecular weight excluding hydrogens is 545 g/mol. The molecule has 10 heteroatoms. The van der Waals surface area contributed by atoms with Crippen molar-refractivity contribution in [2.24, 2.45) is 0 Å². The number of hydrogen-bond acceptors (Lipinski definition) is 7. The maximum absolute atomic E-state index is 13.7. The SMILES string of the molecule is Cc1cc(I)ccc1-c1nnc(C(=O)N2CCC3=C(NC=CN3)[C@H]2c2cc3ccccn3n2)o1. The minimum atomic E-state index is -0.427. The van der Waals surface area contributed by atoms with Gasteiger partial charge in [0.05, 0.1) is 16.9 Å². The zero-order valence-electron chi connectivity index (χ0n) is 18.2. The zero-order chi connectivity index (χ0) is 23.2. The lowest BCUT2D eigenvalue weighted by Crippen LogP contribution is -2.45. The highest BCUT2D eigenvalue weighted by atomic mass is 127. The Morgan fingerprint density at radius 1 is 1.15 bits per heavy atom. The molecule has 0 radical (unpaired) electrons. The summed E-state index contributed by atoms with van der Waals surface area (Å²) < 4.78 is 8.80. The van der Waals surface area contributed by atoms with E-state index in [1.54, 1.807) is 4.90 Å². The third-order valence-electron chi connectivity index (χ3n) is 6.05. The van der Waals surface area contributed by atoms with Crippen molar-refractivity contribution in [2.75, 3.05) is 6.54 Å². The Balaban J connectivity index is 1.38. The van der Waals surface area contributed by atoms with E-state index in [0.717, 1.165) is 37.3 Å². The number of aryl methyl sites for hydroxylation is 1. The predicted molar refractivity (Wildman–Crippen MR) is 133 cm³/mol. The number of nitrogens with one attached hydrogen (secondary N) is 2. The largest absolute Gasteiger partial charge is 0.412 e. The van der Waals surface area contributed by atoms with Crippen molar-refractivity contribution in [2.45, 2.75) is 19.4 Å². The van der Waals surface area contributed by atoms with Gasteiger partial charge >= 0.3 is 11.8 Å². The van der Waals surface area contributed by atoms with Crippen LogP contribution in [0.4, 0.5) is 0 Å². The van der Waals surface area contributed by atoms with Gasteiger partial charge in [0.2, 0.25) is 5.89 Å². The number of aromatic nitrogens is 4. The van der Waals surface area contributed by atoms with Crippen molar-refractivity contribution < 1.29 is 9.21 Å². The summed E-state index contributed by atoms with van der Waals surface area (Å²) in [6.07, 6.45) is 6.23. The van der Waals surface area contributed by atoms with Crippen LogP contribution in [-0.2, 0) is 0 Å². The topological polar surface area (TPSA) is 101 Å². The van der Waals surface area contributed by atoms with Gasteiger partial charge in [-0.05, 0) is 71.5 Å². The molecule has 34 heavy (non-hydrogen) atoms. The van der Waals surface area contributed by atoms with Gasteiger partial charge in [0.1, 0.15) is 6.04 Å². The molecule has 1 aromatic carbocycles. The van der Waals surface area contributed by atoms with Crippen LogP contribution in [0, 0.1) is 10.5 Å². The molecule has 0 spiro atoms. The number of benzene rings is 1. The summed E-state index contributed by atoms with van der Waals surface area (Å²) in [6, 6.07) is 13.4. The number of nitrogens with zero attached hydrogens (tertiary/aromatic N) is 5. The van der Waals surface area contributed by atoms with E-state index in [1.165, 1.54) is 0 Å². The van der Waals surface area contributed by atoms with E-state index in [4.69, 9.17) is 9.52 Å². The molecule has 0 saturated heterocycles. The number of carbonyl (C=O) groups is 1. The first-order chi connectivity index (χ1) is 16.6. The standard InChI is InChI=1S/C24H20IN7O2/c1-14-12-15(25)5-6-17(14)22-28-29-23(34-22)24(33)31-11-7-18-20(27-9-8-26-18)21(31)19-13-16-4-2-3-10-32(16)30-19/h2-6,8-10,12-13,21,26-27H,7,11H2,1H3/t21-/m1/s1. The molecule has 2 aliphatic rings. The van der Waals surface area contributed by atoms with Gasteiger partial charge in [0.15, 0.2) is 0 Å². The molecule has 0 fully saturated rings. The highest BCUT2D eigenvalue weighted by Gasteiger charge is 2.38. The summed E-state index contributed by atoms with van der Waals surface area (Å²) in [6.45, 7) is 2.47. The number of rotatable bonds is 3. The minimum Gasteiger partial charge on any atom is -0.412 e. The second-order valence-corrected chi connectivity index (χ2v) is 9.42. The molecule has 2 N–H and O–H groups in total. The van der Waals surface area contributed by atoms with Crippen molar-refractivity contribution in [3.05, 3.63) is 93.2 Å². The lowest BCUT2D eigenvalue weighted by atomic mass is 9.98. The molecule has 170 valence electrons. The van der Waals surface area contributed by atoms with Crippen molar-refractivity contribution in [3.63, 3.8) is 0 Å². The number of fused-ring (bicyclic) bond motifs is 1. The molecule has 0 saturated carbocycles. The molecule has 0 bridgehead atoms. The van der Waals surface area contributed by atoms with E-state index >= 15 is 0 Å². The van der Waals surface area contributed by atoms with Crippen molar-refractivity contribution in [3.8, 4) is 11.5 Å². The van der Waals surface area contributed by atoms with Crippen LogP contribution in [0.5, 0.6) is 0 Å². The van der Waals surface area contributed by atoms with Crippen LogP contribution in [0.15, 0.2) is 76.9 Å². The van der Waals surface area contributed by atoms with Crippen molar-refractivity contribution >= 4 is 34.0 Å². The van der Waals surface area contributed by atoms with Crippen molar-refractivity contribution in [1.82, 2.24) is 35.3 Å². The summed E-state index contributed by atoms with van der Waals surface area (Å²) in [5.74, 6) is -0.0317. The summed E-state index contributed by atoms with van der Waals surface area (Å²) in [7, 11) is 0. The smallest absolute Gasteiger partial charge is 0.312 e. The van der Waals surface area contributed by atoms with Gasteiger partial charge in [0.25, 0.3) is 0 Å². The van der Waals surface area contributed by atoms with Gasteiger partial charge in [-0.15, -0.1) is 10.2 Å². The zero-order valence-corrected chi connectivity index (χ0v) is 20.4. The molecule has 1 amide bonds. The maximum atomic E-state index is 13.7. The van der Waals surface area contributed by atoms with Gasteiger partial charge in [-0.3, -0.25) is 4.79 Å². The Bertz CT molecular complexity index is 1450. The minimum absolute atomic E-state index is 0.0370. The number of halogens is 1. The number of hydrogen-bond donors (Lipinski definition) is 2. The second kappa shape index (κ2) is 8.28. The summed E-state index contributed by atoms with van der Waals surface area (Å²) in [5.41, 5.74) is 5.45. The van der Waals surface area contributed by atoms with Crippen LogP contribution < -0.4 is 10.6 Å². The first-order valence-electron chi connectivity index (χ1n) is 10.8. The van der Waals surface area contributed by atoms with Gasteiger partial charge in [-0.25, -0.2) is 4.52 Å². The Kier molecular flexibility index (Phi) is 5.09. The molecular formula is C24H20IN7O2. The van der Waals surface area contributed by atoms with E-state index in [-0.39, 0.29) is 11.8 Å². The van der Waals surface area contributed by atoms with Gasteiger partial charge in [-0.1, -0.05) is 6.07 Å². The number of amides is 1. The number of carbonyl (C=O) groups excluding carboxylic acids is 1. The molecule has 3 aromatic heterocycles. The third-order valence-corrected chi connectivity index (χ3v) is 6.72. The molecule has 0 unspecified atom stereocenters. The summed E-state index contributed by atoms with van der Waals surface area (Å²) >= 11 is 2.26. The first kappa shape index (κ1) is 20.9. The normalized spacial score (nSPS) is 17.5. The molecule has 6 rings (SSSR count). The van der Waals surface area contributed by atoms with Crippen LogP contribution in [0.25, 0.3) is 17.0 Å². The Labute approximate surface area is 208 Å². The van der Waals surface area contributed by atoms with Crippen LogP contribution in [0.3, 0.4) is 0 Å². The van der Waals surface area contributed by atoms with E-state index in [2.05, 4.69) is 43.4 Å². The second-order valence-electron chi connectivity index (χ2n) is 8.18. The molecule has 9 nitrogen and oxygen atoms in total. The van der Waals surface area contributed by atoms with Gasteiger partial charge < -0.3 is 20.0 Å². The van der Waals surface area contributed by atoms with Gasteiger partial charge in [-0.2, -0.15) is 5.10 Å². The number of pyridine rings is 1. The molecule has 0 aliphatic carbocycles. The molecule has 4 aromatic rings. The molecule has 1 atom stereocenters. The Hall–Kier alpha value is -3.67. The van der Waals surface area contributed by atoms with Gasteiger partial charge in [0, 0.05) is 46.4 Å². The Morgan fingerprint density at radius 2 is 2.03 bits per heavy atom. The van der Waals surface area contributed by atoms with Crippen molar-refractivity contribution in [1.29, 1.82) is 0 Å². The van der Waals surface area contributed by atoms with Crippen LogP contribution in [0.1, 0.15) is 34.4 Å². The van der Waals surface area contributed by atoms with E-state index in [0.29, 0.717) is 18.9 Å². The van der Waals surface area contributed by atoms with E-state index in [9.17, 15) is 4.79 Å². The lowest BCUT2D eigenvalue weighted by Gasteiger charge is -2.38. The average molecular weight is 565 g/mol. The fourth-order valence-corrected chi connectivity index (χ4v) is 5.08. The summed E-state index contributed by atoms with van der Waals surface area (Å²) in [4.78, 5) is 15.4. The quantitative estimate of drug-likeness (QED) is 0.365. The predicted octanol–water partition coefficient (Wildman–Crippen LogP) is 3.76. The first-order valence-corrected chi connectivity index (χ1v) is 11.9. The highest BCUT2D eigenvalue weighted by molar-refractivity contribution is 14.1. The Morgan fingerprint density at radius 3 is 2.88 bits per heavy atom. The fraction of sp³-hybridized carbons (Fsp3) is 0.167. The highest BCUT2D eigenvalue weighted by Crippen LogP contribution is 2.35. The van der Waals surface area contributed by atoms with Crippen LogP contribution >= 0.6 is 22.6 Å². The molecule has 5 heterocycles. The third kappa shape index (κ3) is 3.54.